The van der Waals surface area contributed by atoms with Gasteiger partial charge in [0.2, 0.25) is 0 Å². The highest BCUT2D eigenvalue weighted by Gasteiger charge is 2.15. The molecule has 0 spiro atoms. The van der Waals surface area contributed by atoms with Crippen LogP contribution in [0.2, 0.25) is 0 Å². The Bertz CT molecular complexity index is 674. The van der Waals surface area contributed by atoms with Gasteiger partial charge in [0.1, 0.15) is 5.75 Å². The highest BCUT2D eigenvalue weighted by atomic mass is 16.5. The second kappa shape index (κ2) is 7.33. The van der Waals surface area contributed by atoms with Gasteiger partial charge in [-0.05, 0) is 35.1 Å². The number of aryl methyl sites for hydroxylation is 1. The van der Waals surface area contributed by atoms with E-state index in [0.29, 0.717) is 13.0 Å². The van der Waals surface area contributed by atoms with E-state index in [1.54, 1.807) is 0 Å². The van der Waals surface area contributed by atoms with Crippen LogP contribution in [-0.4, -0.2) is 6.61 Å². The molecular weight excluding hydrogens is 282 g/mol. The number of para-hydroxylation sites is 1. The molecule has 0 heterocycles. The Morgan fingerprint density at radius 3 is 2.26 bits per heavy atom. The van der Waals surface area contributed by atoms with E-state index in [2.05, 4.69) is 51.1 Å². The summed E-state index contributed by atoms with van der Waals surface area (Å²) in [6, 6.07) is 18.8. The van der Waals surface area contributed by atoms with Crippen LogP contribution in [0.4, 0.5) is 0 Å². The zero-order chi connectivity index (χ0) is 16.9. The quantitative estimate of drug-likeness (QED) is 0.744. The van der Waals surface area contributed by atoms with Gasteiger partial charge in [0.25, 0.3) is 0 Å². The molecule has 2 aromatic rings. The zero-order valence-corrected chi connectivity index (χ0v) is 14.5. The number of rotatable bonds is 5. The van der Waals surface area contributed by atoms with Gasteiger partial charge in [-0.15, -0.1) is 0 Å². The van der Waals surface area contributed by atoms with Crippen molar-refractivity contribution in [2.45, 2.75) is 45.4 Å². The van der Waals surface area contributed by atoms with Crippen LogP contribution in [0.1, 0.15) is 49.8 Å². The first-order chi connectivity index (χ1) is 10.9. The van der Waals surface area contributed by atoms with Gasteiger partial charge >= 0.3 is 0 Å². The molecule has 0 saturated heterocycles. The fourth-order valence-corrected chi connectivity index (χ4v) is 2.53. The summed E-state index contributed by atoms with van der Waals surface area (Å²) in [6.45, 7) is 9.16. The molecule has 0 saturated carbocycles. The van der Waals surface area contributed by atoms with Gasteiger partial charge < -0.3 is 4.74 Å². The molecule has 0 amide bonds. The molecule has 2 nitrogen and oxygen atoms in total. The molecule has 0 N–H and O–H groups in total. The van der Waals surface area contributed by atoms with Gasteiger partial charge in [0, 0.05) is 6.42 Å². The van der Waals surface area contributed by atoms with Crippen LogP contribution in [0.3, 0.4) is 0 Å². The van der Waals surface area contributed by atoms with E-state index in [1.807, 2.05) is 31.2 Å². The minimum atomic E-state index is -0.131. The summed E-state index contributed by atoms with van der Waals surface area (Å²) >= 11 is 0. The maximum atomic E-state index is 9.45. The van der Waals surface area contributed by atoms with Crippen LogP contribution in [-0.2, 0) is 5.41 Å². The highest BCUT2D eigenvalue weighted by molar-refractivity contribution is 5.33. The van der Waals surface area contributed by atoms with Gasteiger partial charge in [-0.2, -0.15) is 5.26 Å². The molecule has 120 valence electrons. The second-order valence-electron chi connectivity index (χ2n) is 6.96. The fraction of sp³-hybridized carbons (Fsp3) is 0.381. The van der Waals surface area contributed by atoms with Crippen LogP contribution in [0.5, 0.6) is 5.75 Å². The van der Waals surface area contributed by atoms with Crippen LogP contribution in [0.25, 0.3) is 0 Å². The Morgan fingerprint density at radius 2 is 1.70 bits per heavy atom. The Kier molecular flexibility index (Phi) is 5.45. The summed E-state index contributed by atoms with van der Waals surface area (Å²) < 4.78 is 5.82. The zero-order valence-electron chi connectivity index (χ0n) is 14.5. The third kappa shape index (κ3) is 4.60. The molecule has 23 heavy (non-hydrogen) atoms. The minimum Gasteiger partial charge on any atom is -0.493 e. The maximum absolute atomic E-state index is 9.45. The minimum absolute atomic E-state index is 0.131. The van der Waals surface area contributed by atoms with Crippen molar-refractivity contribution in [1.82, 2.24) is 0 Å². The van der Waals surface area contributed by atoms with E-state index < -0.39 is 0 Å². The predicted octanol–water partition coefficient (Wildman–Crippen LogP) is 5.37. The van der Waals surface area contributed by atoms with Gasteiger partial charge in [-0.1, -0.05) is 63.2 Å². The van der Waals surface area contributed by atoms with Crippen molar-refractivity contribution in [2.75, 3.05) is 6.61 Å². The monoisotopic (exact) mass is 307 g/mol. The highest BCUT2D eigenvalue weighted by Crippen LogP contribution is 2.26. The number of nitriles is 1. The van der Waals surface area contributed by atoms with Gasteiger partial charge in [-0.3, -0.25) is 0 Å². The van der Waals surface area contributed by atoms with E-state index in [-0.39, 0.29) is 11.3 Å². The lowest BCUT2D eigenvalue weighted by molar-refractivity contribution is 0.304. The van der Waals surface area contributed by atoms with Crippen molar-refractivity contribution < 1.29 is 4.74 Å². The average Bonchev–Trinajstić information content (AvgIpc) is 2.52. The van der Waals surface area contributed by atoms with Gasteiger partial charge in [-0.25, -0.2) is 0 Å². The first-order valence-electron chi connectivity index (χ1n) is 8.10. The first kappa shape index (κ1) is 17.1. The Labute approximate surface area is 139 Å². The largest absolute Gasteiger partial charge is 0.493 e. The lowest BCUT2D eigenvalue weighted by atomic mass is 9.85. The SMILES string of the molecule is Cc1ccccc1OCCC(C#N)c1ccc(C(C)(C)C)cc1. The van der Waals surface area contributed by atoms with E-state index in [9.17, 15) is 5.26 Å². The lowest BCUT2D eigenvalue weighted by Crippen LogP contribution is -2.11. The van der Waals surface area contributed by atoms with Crippen molar-refractivity contribution in [3.05, 3.63) is 65.2 Å². The molecule has 0 bridgehead atoms. The predicted molar refractivity (Wildman–Crippen MR) is 94.8 cm³/mol. The Balaban J connectivity index is 1.98. The van der Waals surface area contributed by atoms with Gasteiger partial charge in [0.05, 0.1) is 18.6 Å². The molecule has 0 aliphatic rings. The third-order valence-corrected chi connectivity index (χ3v) is 4.09. The number of ether oxygens (including phenoxy) is 1. The molecule has 0 aliphatic heterocycles. The number of benzene rings is 2. The maximum Gasteiger partial charge on any atom is 0.122 e. The normalized spacial score (nSPS) is 12.5. The van der Waals surface area contributed by atoms with E-state index in [0.717, 1.165) is 16.9 Å². The van der Waals surface area contributed by atoms with Crippen molar-refractivity contribution >= 4 is 0 Å². The molecular formula is C21H25NO. The van der Waals surface area contributed by atoms with E-state index in [1.165, 1.54) is 5.56 Å². The summed E-state index contributed by atoms with van der Waals surface area (Å²) in [7, 11) is 0. The van der Waals surface area contributed by atoms with E-state index in [4.69, 9.17) is 4.74 Å². The van der Waals surface area contributed by atoms with Crippen LogP contribution in [0.15, 0.2) is 48.5 Å². The molecule has 0 fully saturated rings. The number of nitrogens with zero attached hydrogens (tertiary/aromatic N) is 1. The summed E-state index contributed by atoms with van der Waals surface area (Å²) in [5.41, 5.74) is 3.60. The molecule has 0 aliphatic carbocycles. The van der Waals surface area contributed by atoms with Crippen molar-refractivity contribution in [3.8, 4) is 11.8 Å². The number of hydrogen-bond donors (Lipinski definition) is 0. The molecule has 0 aromatic heterocycles. The molecule has 2 aromatic carbocycles. The smallest absolute Gasteiger partial charge is 0.122 e. The summed E-state index contributed by atoms with van der Waals surface area (Å²) in [4.78, 5) is 0. The fourth-order valence-electron chi connectivity index (χ4n) is 2.53. The standard InChI is InChI=1S/C21H25NO/c1-16-7-5-6-8-20(16)23-14-13-18(15-22)17-9-11-19(12-10-17)21(2,3)4/h5-12,18H,13-14H2,1-4H3. The second-order valence-corrected chi connectivity index (χ2v) is 6.96. The Hall–Kier alpha value is -2.27. The van der Waals surface area contributed by atoms with E-state index >= 15 is 0 Å². The van der Waals surface area contributed by atoms with Crippen LogP contribution in [0, 0.1) is 18.3 Å². The molecule has 2 heteroatoms. The van der Waals surface area contributed by atoms with Crippen LogP contribution < -0.4 is 4.74 Å². The van der Waals surface area contributed by atoms with Crippen molar-refractivity contribution in [1.29, 1.82) is 5.26 Å². The molecule has 1 atom stereocenters. The summed E-state index contributed by atoms with van der Waals surface area (Å²) in [6.07, 6.45) is 0.694. The third-order valence-electron chi connectivity index (χ3n) is 4.09. The topological polar surface area (TPSA) is 33.0 Å². The number of hydrogen-bond acceptors (Lipinski definition) is 2. The lowest BCUT2D eigenvalue weighted by Gasteiger charge is -2.20. The summed E-state index contributed by atoms with van der Waals surface area (Å²) in [5.74, 6) is 0.764. The molecule has 1 unspecified atom stereocenters. The summed E-state index contributed by atoms with van der Waals surface area (Å²) in [5, 5.41) is 9.45. The van der Waals surface area contributed by atoms with Crippen molar-refractivity contribution in [3.63, 3.8) is 0 Å². The average molecular weight is 307 g/mol. The van der Waals surface area contributed by atoms with Gasteiger partial charge in [0.15, 0.2) is 0 Å². The molecule has 0 radical (unpaired) electrons. The molecule has 2 rings (SSSR count). The first-order valence-corrected chi connectivity index (χ1v) is 8.10. The van der Waals surface area contributed by atoms with Crippen molar-refractivity contribution in [2.24, 2.45) is 0 Å². The Morgan fingerprint density at radius 1 is 1.04 bits per heavy atom. The van der Waals surface area contributed by atoms with Crippen LogP contribution >= 0.6 is 0 Å².